The molecular weight excluding hydrogens is 548 g/mol. The summed E-state index contributed by atoms with van der Waals surface area (Å²) in [5.74, 6) is 0.0851. The van der Waals surface area contributed by atoms with Gasteiger partial charge in [0, 0.05) is 51.8 Å². The van der Waals surface area contributed by atoms with Gasteiger partial charge in [-0.1, -0.05) is 31.8 Å². The van der Waals surface area contributed by atoms with Gasteiger partial charge in [-0.05, 0) is 73.8 Å². The Morgan fingerprint density at radius 3 is 2.67 bits per heavy atom. The maximum Gasteiger partial charge on any atom is 0.317 e. The predicted octanol–water partition coefficient (Wildman–Crippen LogP) is 5.16. The zero-order valence-electron chi connectivity index (χ0n) is 25.1. The number of urea groups is 1. The Bertz CT molecular complexity index is 1320. The van der Waals surface area contributed by atoms with Crippen molar-refractivity contribution in [2.45, 2.75) is 76.9 Å². The number of hydrogen-bond donors (Lipinski definition) is 3. The molecule has 3 amide bonds. The molecule has 1 saturated heterocycles. The largest absolute Gasteiger partial charge is 0.395 e. The van der Waals surface area contributed by atoms with Gasteiger partial charge in [-0.3, -0.25) is 4.79 Å². The molecule has 0 bridgehead atoms. The van der Waals surface area contributed by atoms with E-state index in [9.17, 15) is 14.9 Å². The molecular formula is C31H44N6O4Si. The number of amides is 3. The highest BCUT2D eigenvalue weighted by atomic mass is 28.3. The summed E-state index contributed by atoms with van der Waals surface area (Å²) in [5.41, 5.74) is 4.36. The Balaban J connectivity index is 1.51. The summed E-state index contributed by atoms with van der Waals surface area (Å²) in [6, 6.07) is 9.16. The van der Waals surface area contributed by atoms with Gasteiger partial charge in [0.05, 0.1) is 6.61 Å². The number of allylic oxidation sites excluding steroid dienone is 2. The molecule has 1 aliphatic heterocycles. The molecule has 1 aromatic heterocycles. The number of anilines is 1. The number of carbonyl (C=O) groups is 2. The Kier molecular flexibility index (Phi) is 11.0. The van der Waals surface area contributed by atoms with Crippen molar-refractivity contribution in [1.82, 2.24) is 19.8 Å². The van der Waals surface area contributed by atoms with E-state index in [0.717, 1.165) is 55.8 Å². The smallest absolute Gasteiger partial charge is 0.317 e. The molecule has 42 heavy (non-hydrogen) atoms. The molecule has 0 radical (unpaired) electrons. The minimum atomic E-state index is -1.25. The Hall–Kier alpha value is -3.46. The second-order valence-corrected chi connectivity index (χ2v) is 18.0. The highest BCUT2D eigenvalue weighted by Gasteiger charge is 2.26. The highest BCUT2D eigenvalue weighted by molar-refractivity contribution is 6.76. The SMILES string of the molecule is C[Si](C)(C)CCOCn1cc(C#N)nc1C(=O)Nc1ccc(C2CCN(C(=O)NCCO)CC2)cc1C1=CCCCC1. The second-order valence-electron chi connectivity index (χ2n) is 12.3. The minimum absolute atomic E-state index is 0.0718. The van der Waals surface area contributed by atoms with E-state index in [1.54, 1.807) is 15.7 Å². The number of aliphatic hydroxyl groups is 1. The Morgan fingerprint density at radius 1 is 1.21 bits per heavy atom. The number of likely N-dealkylation sites (tertiary alicyclic amines) is 1. The summed E-state index contributed by atoms with van der Waals surface area (Å²) in [5, 5.41) is 24.3. The zero-order chi connectivity index (χ0) is 30.1. The zero-order valence-corrected chi connectivity index (χ0v) is 26.1. The molecule has 4 rings (SSSR count). The maximum atomic E-state index is 13.5. The van der Waals surface area contributed by atoms with E-state index in [0.29, 0.717) is 25.6 Å². The first-order valence-corrected chi connectivity index (χ1v) is 18.7. The summed E-state index contributed by atoms with van der Waals surface area (Å²) in [6.07, 6.45) is 9.77. The van der Waals surface area contributed by atoms with Crippen LogP contribution in [0.1, 0.15) is 71.9 Å². The van der Waals surface area contributed by atoms with E-state index in [1.165, 1.54) is 11.1 Å². The lowest BCUT2D eigenvalue weighted by Gasteiger charge is -2.32. The number of aromatic nitrogens is 2. The van der Waals surface area contributed by atoms with Crippen molar-refractivity contribution in [2.24, 2.45) is 0 Å². The van der Waals surface area contributed by atoms with E-state index in [-0.39, 0.29) is 43.3 Å². The average Bonchev–Trinajstić information content (AvgIpc) is 3.42. The monoisotopic (exact) mass is 592 g/mol. The molecule has 2 heterocycles. The number of hydrogen-bond acceptors (Lipinski definition) is 6. The molecule has 3 N–H and O–H groups in total. The molecule has 2 aliphatic rings. The molecule has 0 atom stereocenters. The van der Waals surface area contributed by atoms with Gasteiger partial charge in [0.15, 0.2) is 5.69 Å². The molecule has 11 heteroatoms. The lowest BCUT2D eigenvalue weighted by molar-refractivity contribution is 0.0808. The molecule has 1 fully saturated rings. The quantitative estimate of drug-likeness (QED) is 0.244. The number of ether oxygens (including phenoxy) is 1. The van der Waals surface area contributed by atoms with Crippen LogP contribution in [0.5, 0.6) is 0 Å². The van der Waals surface area contributed by atoms with Crippen molar-refractivity contribution >= 4 is 31.3 Å². The van der Waals surface area contributed by atoms with E-state index in [4.69, 9.17) is 9.84 Å². The number of nitrogens with zero attached hydrogens (tertiary/aromatic N) is 4. The fraction of sp³-hybridized carbons (Fsp3) is 0.548. The summed E-state index contributed by atoms with van der Waals surface area (Å²) in [7, 11) is -1.25. The number of rotatable bonds is 11. The lowest BCUT2D eigenvalue weighted by Crippen LogP contribution is -2.44. The third kappa shape index (κ3) is 8.53. The second kappa shape index (κ2) is 14.6. The predicted molar refractivity (Wildman–Crippen MR) is 166 cm³/mol. The molecule has 1 aromatic carbocycles. The Morgan fingerprint density at radius 2 is 2.00 bits per heavy atom. The number of nitrogens with one attached hydrogen (secondary N) is 2. The molecule has 0 unspecified atom stereocenters. The van der Waals surface area contributed by atoms with Crippen molar-refractivity contribution in [1.29, 1.82) is 5.26 Å². The average molecular weight is 593 g/mol. The number of benzene rings is 1. The van der Waals surface area contributed by atoms with Crippen molar-refractivity contribution < 1.29 is 19.4 Å². The van der Waals surface area contributed by atoms with Crippen molar-refractivity contribution in [3.8, 4) is 6.07 Å². The van der Waals surface area contributed by atoms with Crippen molar-refractivity contribution in [3.63, 3.8) is 0 Å². The maximum absolute atomic E-state index is 13.5. The van der Waals surface area contributed by atoms with E-state index < -0.39 is 8.07 Å². The number of nitriles is 1. The van der Waals surface area contributed by atoms with Crippen LogP contribution in [0.15, 0.2) is 30.5 Å². The fourth-order valence-electron chi connectivity index (χ4n) is 5.43. The summed E-state index contributed by atoms with van der Waals surface area (Å²) < 4.78 is 7.47. The third-order valence-corrected chi connectivity index (χ3v) is 9.60. The summed E-state index contributed by atoms with van der Waals surface area (Å²) in [6.45, 7) is 9.11. The number of aliphatic hydroxyl groups excluding tert-OH is 1. The van der Waals surface area contributed by atoms with Crippen LogP contribution < -0.4 is 10.6 Å². The van der Waals surface area contributed by atoms with Crippen LogP contribution in [-0.2, 0) is 11.5 Å². The highest BCUT2D eigenvalue weighted by Crippen LogP contribution is 2.36. The topological polar surface area (TPSA) is 133 Å². The van der Waals surface area contributed by atoms with Gasteiger partial charge in [0.25, 0.3) is 5.91 Å². The molecule has 226 valence electrons. The first-order chi connectivity index (χ1) is 20.2. The lowest BCUT2D eigenvalue weighted by atomic mass is 9.85. The molecule has 0 saturated carbocycles. The molecule has 2 aromatic rings. The van der Waals surface area contributed by atoms with Crippen molar-refractivity contribution in [2.75, 3.05) is 38.2 Å². The standard InChI is InChI=1S/C31H44N6O4Si/c1-42(2,3)18-17-41-22-37-21-26(20-32)34-29(37)30(39)35-28-10-9-25(19-27(28)24-7-5-4-6-8-24)23-11-14-36(15-12-23)31(40)33-13-16-38/h7,9-10,19,21,23,38H,4-6,8,11-18,22H2,1-3H3,(H,33,40)(H,35,39). The van der Waals surface area contributed by atoms with Crippen LogP contribution in [0.25, 0.3) is 5.57 Å². The molecule has 1 aliphatic carbocycles. The van der Waals surface area contributed by atoms with Crippen LogP contribution in [-0.4, -0.2) is 72.4 Å². The molecule has 0 spiro atoms. The summed E-state index contributed by atoms with van der Waals surface area (Å²) in [4.78, 5) is 31.9. The minimum Gasteiger partial charge on any atom is -0.395 e. The van der Waals surface area contributed by atoms with Gasteiger partial charge < -0.3 is 29.9 Å². The van der Waals surface area contributed by atoms with Gasteiger partial charge in [-0.15, -0.1) is 0 Å². The van der Waals surface area contributed by atoms with Crippen LogP contribution in [0.3, 0.4) is 0 Å². The van der Waals surface area contributed by atoms with Gasteiger partial charge in [0.1, 0.15) is 12.8 Å². The first-order valence-electron chi connectivity index (χ1n) is 15.0. The van der Waals surface area contributed by atoms with Crippen LogP contribution in [0, 0.1) is 11.3 Å². The van der Waals surface area contributed by atoms with Gasteiger partial charge in [0.2, 0.25) is 5.82 Å². The van der Waals surface area contributed by atoms with Crippen LogP contribution in [0.2, 0.25) is 25.7 Å². The van der Waals surface area contributed by atoms with E-state index >= 15 is 0 Å². The number of imidazole rings is 1. The number of piperidine rings is 1. The fourth-order valence-corrected chi connectivity index (χ4v) is 6.19. The van der Waals surface area contributed by atoms with Crippen LogP contribution in [0.4, 0.5) is 10.5 Å². The Labute approximate surface area is 249 Å². The first kappa shape index (κ1) is 31.5. The summed E-state index contributed by atoms with van der Waals surface area (Å²) >= 11 is 0. The third-order valence-electron chi connectivity index (χ3n) is 7.89. The van der Waals surface area contributed by atoms with Gasteiger partial charge in [-0.25, -0.2) is 9.78 Å². The number of carbonyl (C=O) groups excluding carboxylic acids is 2. The van der Waals surface area contributed by atoms with Gasteiger partial charge in [-0.2, -0.15) is 5.26 Å². The van der Waals surface area contributed by atoms with Crippen molar-refractivity contribution in [3.05, 3.63) is 53.1 Å². The van der Waals surface area contributed by atoms with E-state index in [1.807, 2.05) is 12.1 Å². The molecule has 10 nitrogen and oxygen atoms in total. The van der Waals surface area contributed by atoms with Crippen LogP contribution >= 0.6 is 0 Å². The normalized spacial score (nSPS) is 16.1. The van der Waals surface area contributed by atoms with Gasteiger partial charge >= 0.3 is 6.03 Å². The van der Waals surface area contributed by atoms with E-state index in [2.05, 4.69) is 53.5 Å².